The third kappa shape index (κ3) is 3.26. The molecule has 0 saturated carbocycles. The van der Waals surface area contributed by atoms with Crippen molar-refractivity contribution in [3.05, 3.63) is 95.2 Å². The number of para-hydroxylation sites is 1. The molecule has 0 aliphatic carbocycles. The number of rotatable bonds is 4. The van der Waals surface area contributed by atoms with Gasteiger partial charge in [0.15, 0.2) is 5.82 Å². The molecule has 3 N–H and O–H groups in total. The van der Waals surface area contributed by atoms with Gasteiger partial charge in [-0.3, -0.25) is 4.79 Å². The number of H-pyrrole nitrogens is 2. The monoisotopic (exact) mass is 396 g/mol. The molecular weight excluding hydrogens is 380 g/mol. The van der Waals surface area contributed by atoms with Crippen LogP contribution in [0.2, 0.25) is 0 Å². The smallest absolute Gasteiger partial charge is 0.319 e. The summed E-state index contributed by atoms with van der Waals surface area (Å²) in [4.78, 5) is 34.1. The first-order valence-electron chi connectivity index (χ1n) is 9.29. The number of imidazole rings is 1. The van der Waals surface area contributed by atoms with Crippen molar-refractivity contribution in [2.24, 2.45) is 0 Å². The van der Waals surface area contributed by atoms with E-state index in [4.69, 9.17) is 0 Å². The molecule has 0 spiro atoms. The highest BCUT2D eigenvalue weighted by molar-refractivity contribution is 6.02. The topological polar surface area (TPSA) is 108 Å². The van der Waals surface area contributed by atoms with E-state index in [0.717, 1.165) is 11.3 Å². The molecule has 0 unspecified atom stereocenters. The van der Waals surface area contributed by atoms with Gasteiger partial charge in [-0.15, -0.1) is 5.10 Å². The first-order valence-corrected chi connectivity index (χ1v) is 9.29. The van der Waals surface area contributed by atoms with Crippen LogP contribution in [0.15, 0.2) is 83.7 Å². The number of carbonyl (C=O) groups excluding carboxylic acids is 1. The van der Waals surface area contributed by atoms with Crippen LogP contribution in [0, 0.1) is 0 Å². The second-order valence-electron chi connectivity index (χ2n) is 6.67. The van der Waals surface area contributed by atoms with E-state index < -0.39 is 5.91 Å². The zero-order valence-electron chi connectivity index (χ0n) is 15.7. The molecule has 146 valence electrons. The van der Waals surface area contributed by atoms with E-state index in [1.54, 1.807) is 22.9 Å². The molecule has 0 fully saturated rings. The summed E-state index contributed by atoms with van der Waals surface area (Å²) in [6, 6.07) is 24.2. The molecule has 2 aromatic heterocycles. The number of nitrogens with zero attached hydrogens (tertiary/aromatic N) is 3. The molecule has 8 nitrogen and oxygen atoms in total. The maximum absolute atomic E-state index is 12.9. The zero-order valence-corrected chi connectivity index (χ0v) is 15.7. The van der Waals surface area contributed by atoms with Gasteiger partial charge in [-0.2, -0.15) is 0 Å². The molecule has 30 heavy (non-hydrogen) atoms. The fourth-order valence-corrected chi connectivity index (χ4v) is 3.23. The molecule has 2 heterocycles. The van der Waals surface area contributed by atoms with Crippen molar-refractivity contribution in [2.75, 3.05) is 5.32 Å². The van der Waals surface area contributed by atoms with E-state index in [-0.39, 0.29) is 11.5 Å². The molecule has 5 rings (SSSR count). The lowest BCUT2D eigenvalue weighted by molar-refractivity contribution is 0.101. The first kappa shape index (κ1) is 17.6. The van der Waals surface area contributed by atoms with Crippen LogP contribution in [0.4, 0.5) is 5.69 Å². The van der Waals surface area contributed by atoms with Crippen LogP contribution in [0.3, 0.4) is 0 Å². The number of anilines is 1. The SMILES string of the molecule is O=C(Nc1ccc2[nH]c(=O)[nH]c2c1)c1nc(-c2ccccc2)n(-c2ccccc2)n1. The average molecular weight is 396 g/mol. The molecule has 8 heteroatoms. The van der Waals surface area contributed by atoms with Crippen LogP contribution in [0.1, 0.15) is 10.6 Å². The number of aromatic nitrogens is 5. The molecule has 3 aromatic carbocycles. The van der Waals surface area contributed by atoms with E-state index in [2.05, 4.69) is 25.4 Å². The molecule has 0 aliphatic heterocycles. The van der Waals surface area contributed by atoms with Gasteiger partial charge in [0.25, 0.3) is 5.91 Å². The first-order chi connectivity index (χ1) is 14.7. The summed E-state index contributed by atoms with van der Waals surface area (Å²) in [5, 5.41) is 7.24. The van der Waals surface area contributed by atoms with Gasteiger partial charge in [-0.05, 0) is 30.3 Å². The molecule has 0 saturated heterocycles. The Morgan fingerprint density at radius 2 is 1.57 bits per heavy atom. The van der Waals surface area contributed by atoms with Crippen LogP contribution < -0.4 is 11.0 Å². The van der Waals surface area contributed by atoms with Crippen molar-refractivity contribution in [2.45, 2.75) is 0 Å². The maximum atomic E-state index is 12.9. The Labute approximate surface area is 170 Å². The van der Waals surface area contributed by atoms with Crippen molar-refractivity contribution in [1.29, 1.82) is 0 Å². The lowest BCUT2D eigenvalue weighted by atomic mass is 10.2. The fourth-order valence-electron chi connectivity index (χ4n) is 3.23. The molecular formula is C22H16N6O2. The van der Waals surface area contributed by atoms with E-state index >= 15 is 0 Å². The predicted molar refractivity (Wildman–Crippen MR) is 114 cm³/mol. The van der Waals surface area contributed by atoms with Crippen molar-refractivity contribution < 1.29 is 4.79 Å². The lowest BCUT2D eigenvalue weighted by Crippen LogP contribution is -2.14. The van der Waals surface area contributed by atoms with Crippen LogP contribution in [-0.2, 0) is 0 Å². The van der Waals surface area contributed by atoms with Crippen LogP contribution in [-0.4, -0.2) is 30.6 Å². The zero-order chi connectivity index (χ0) is 20.5. The number of hydrogen-bond acceptors (Lipinski definition) is 4. The number of benzene rings is 3. The summed E-state index contributed by atoms with van der Waals surface area (Å²) < 4.78 is 1.65. The highest BCUT2D eigenvalue weighted by Gasteiger charge is 2.19. The molecule has 1 amide bonds. The van der Waals surface area contributed by atoms with Gasteiger partial charge < -0.3 is 15.3 Å². The second-order valence-corrected chi connectivity index (χ2v) is 6.67. The molecule has 0 aliphatic rings. The Morgan fingerprint density at radius 3 is 2.33 bits per heavy atom. The summed E-state index contributed by atoms with van der Waals surface area (Å²) in [5.41, 5.74) is 3.14. The van der Waals surface area contributed by atoms with E-state index in [9.17, 15) is 9.59 Å². The number of hydrogen-bond donors (Lipinski definition) is 3. The number of fused-ring (bicyclic) bond motifs is 1. The normalized spacial score (nSPS) is 10.9. The Hall–Kier alpha value is -4.46. The average Bonchev–Trinajstić information content (AvgIpc) is 3.38. The number of aromatic amines is 2. The predicted octanol–water partition coefficient (Wildman–Crippen LogP) is 3.36. The van der Waals surface area contributed by atoms with Crippen LogP contribution in [0.25, 0.3) is 28.1 Å². The quantitative estimate of drug-likeness (QED) is 0.433. The highest BCUT2D eigenvalue weighted by atomic mass is 16.2. The minimum atomic E-state index is -0.445. The Kier molecular flexibility index (Phi) is 4.21. The van der Waals surface area contributed by atoms with Crippen molar-refractivity contribution in [3.8, 4) is 17.1 Å². The Bertz CT molecular complexity index is 1340. The van der Waals surface area contributed by atoms with Gasteiger partial charge >= 0.3 is 5.69 Å². The van der Waals surface area contributed by atoms with E-state index in [1.807, 2.05) is 60.7 Å². The van der Waals surface area contributed by atoms with Gasteiger partial charge in [-0.25, -0.2) is 14.5 Å². The molecule has 0 bridgehead atoms. The maximum Gasteiger partial charge on any atom is 0.323 e. The third-order valence-corrected chi connectivity index (χ3v) is 4.62. The molecule has 0 atom stereocenters. The van der Waals surface area contributed by atoms with Crippen molar-refractivity contribution in [1.82, 2.24) is 24.7 Å². The number of amides is 1. The van der Waals surface area contributed by atoms with Gasteiger partial charge in [-0.1, -0.05) is 48.5 Å². The lowest BCUT2D eigenvalue weighted by Gasteiger charge is -2.05. The molecule has 0 radical (unpaired) electrons. The fraction of sp³-hybridized carbons (Fsp3) is 0. The summed E-state index contributed by atoms with van der Waals surface area (Å²) >= 11 is 0. The van der Waals surface area contributed by atoms with Crippen molar-refractivity contribution in [3.63, 3.8) is 0 Å². The standard InChI is InChI=1S/C22H16N6O2/c29-21(23-15-11-12-17-18(13-15)25-22(30)24-17)19-26-20(14-7-3-1-4-8-14)28(27-19)16-9-5-2-6-10-16/h1-13H,(H,23,29)(H2,24,25,30). The van der Waals surface area contributed by atoms with Gasteiger partial charge in [0.1, 0.15) is 0 Å². The largest absolute Gasteiger partial charge is 0.323 e. The van der Waals surface area contributed by atoms with E-state index in [0.29, 0.717) is 22.5 Å². The van der Waals surface area contributed by atoms with Crippen LogP contribution >= 0.6 is 0 Å². The van der Waals surface area contributed by atoms with E-state index in [1.165, 1.54) is 0 Å². The molecule has 5 aromatic rings. The summed E-state index contributed by atoms with van der Waals surface area (Å²) in [6.07, 6.45) is 0. The highest BCUT2D eigenvalue weighted by Crippen LogP contribution is 2.22. The summed E-state index contributed by atoms with van der Waals surface area (Å²) in [7, 11) is 0. The number of nitrogens with one attached hydrogen (secondary N) is 3. The van der Waals surface area contributed by atoms with Gasteiger partial charge in [0, 0.05) is 11.3 Å². The van der Waals surface area contributed by atoms with Crippen LogP contribution in [0.5, 0.6) is 0 Å². The minimum Gasteiger partial charge on any atom is -0.319 e. The second kappa shape index (κ2) is 7.17. The van der Waals surface area contributed by atoms with Crippen molar-refractivity contribution >= 4 is 22.6 Å². The third-order valence-electron chi connectivity index (χ3n) is 4.62. The Balaban J connectivity index is 1.52. The summed E-state index contributed by atoms with van der Waals surface area (Å²) in [6.45, 7) is 0. The summed E-state index contributed by atoms with van der Waals surface area (Å²) in [5.74, 6) is 0.164. The Morgan fingerprint density at radius 1 is 0.867 bits per heavy atom. The number of carbonyl (C=O) groups is 1. The van der Waals surface area contributed by atoms with Gasteiger partial charge in [0.05, 0.1) is 16.7 Å². The minimum absolute atomic E-state index is 0.0420. The van der Waals surface area contributed by atoms with Gasteiger partial charge in [0.2, 0.25) is 5.82 Å².